The van der Waals surface area contributed by atoms with Crippen molar-refractivity contribution < 1.29 is 19.7 Å². The van der Waals surface area contributed by atoms with Crippen LogP contribution in [0.2, 0.25) is 0 Å². The second-order valence-electron chi connectivity index (χ2n) is 5.29. The van der Waals surface area contributed by atoms with Crippen LogP contribution in [0, 0.1) is 5.92 Å². The number of rotatable bonds is 5. The standard InChI is InChI=1S/C15H21NO4/c17-14-4-2-1-3-12(14)10-16-9-11-5-7-13(8-6-11)20-15(18)19/h1-4,11,13,16-17H,5-10H2,(H,18,19)/t11-,13-. The molecule has 110 valence electrons. The molecule has 0 aromatic heterocycles. The molecule has 1 aliphatic carbocycles. The van der Waals surface area contributed by atoms with Gasteiger partial charge in [-0.2, -0.15) is 0 Å². The number of para-hydroxylation sites is 1. The zero-order chi connectivity index (χ0) is 14.4. The van der Waals surface area contributed by atoms with Gasteiger partial charge in [-0.25, -0.2) is 4.79 Å². The van der Waals surface area contributed by atoms with Gasteiger partial charge in [0.15, 0.2) is 0 Å². The summed E-state index contributed by atoms with van der Waals surface area (Å²) in [6.45, 7) is 1.53. The lowest BCUT2D eigenvalue weighted by atomic mass is 9.87. The fraction of sp³-hybridized carbons (Fsp3) is 0.533. The van der Waals surface area contributed by atoms with Crippen molar-refractivity contribution >= 4 is 6.16 Å². The Balaban J connectivity index is 1.66. The maximum atomic E-state index is 10.5. The number of phenolic OH excluding ortho intramolecular Hbond substituents is 1. The van der Waals surface area contributed by atoms with Crippen molar-refractivity contribution in [2.75, 3.05) is 6.54 Å². The monoisotopic (exact) mass is 279 g/mol. The maximum Gasteiger partial charge on any atom is 0.506 e. The zero-order valence-electron chi connectivity index (χ0n) is 11.4. The average Bonchev–Trinajstić information content (AvgIpc) is 2.42. The Kier molecular flexibility index (Phi) is 5.24. The molecule has 0 radical (unpaired) electrons. The first-order valence-electron chi connectivity index (χ1n) is 7.02. The summed E-state index contributed by atoms with van der Waals surface area (Å²) in [5.41, 5.74) is 0.899. The third-order valence-corrected chi connectivity index (χ3v) is 3.80. The smallest absolute Gasteiger partial charge is 0.506 e. The van der Waals surface area contributed by atoms with E-state index in [2.05, 4.69) is 5.32 Å². The molecule has 0 bridgehead atoms. The van der Waals surface area contributed by atoms with Gasteiger partial charge in [0.05, 0.1) is 0 Å². The van der Waals surface area contributed by atoms with Gasteiger partial charge in [-0.15, -0.1) is 0 Å². The Hall–Kier alpha value is -1.75. The fourth-order valence-electron chi connectivity index (χ4n) is 2.67. The van der Waals surface area contributed by atoms with Gasteiger partial charge in [0.2, 0.25) is 0 Å². The van der Waals surface area contributed by atoms with Crippen molar-refractivity contribution in [3.63, 3.8) is 0 Å². The second kappa shape index (κ2) is 7.14. The van der Waals surface area contributed by atoms with Crippen LogP contribution in [0.5, 0.6) is 5.75 Å². The molecule has 1 aliphatic rings. The fourth-order valence-corrected chi connectivity index (χ4v) is 2.67. The molecule has 1 aromatic carbocycles. The Morgan fingerprint density at radius 2 is 1.95 bits per heavy atom. The molecule has 0 spiro atoms. The number of benzene rings is 1. The minimum absolute atomic E-state index is 0.137. The molecular formula is C15H21NO4. The molecule has 20 heavy (non-hydrogen) atoms. The molecular weight excluding hydrogens is 258 g/mol. The summed E-state index contributed by atoms with van der Waals surface area (Å²) in [6.07, 6.45) is 2.25. The summed E-state index contributed by atoms with van der Waals surface area (Å²) in [4.78, 5) is 10.5. The van der Waals surface area contributed by atoms with Crippen LogP contribution in [-0.4, -0.2) is 29.0 Å². The van der Waals surface area contributed by atoms with Gasteiger partial charge in [0.25, 0.3) is 0 Å². The maximum absolute atomic E-state index is 10.5. The molecule has 1 saturated carbocycles. The van der Waals surface area contributed by atoms with E-state index in [1.54, 1.807) is 6.07 Å². The van der Waals surface area contributed by atoms with Crippen LogP contribution in [0.4, 0.5) is 4.79 Å². The van der Waals surface area contributed by atoms with E-state index in [1.165, 1.54) is 0 Å². The van der Waals surface area contributed by atoms with Gasteiger partial charge in [-0.05, 0) is 44.2 Å². The van der Waals surface area contributed by atoms with E-state index < -0.39 is 6.16 Å². The molecule has 5 heteroatoms. The third-order valence-electron chi connectivity index (χ3n) is 3.80. The quantitative estimate of drug-likeness (QED) is 0.722. The van der Waals surface area contributed by atoms with Crippen LogP contribution in [-0.2, 0) is 11.3 Å². The van der Waals surface area contributed by atoms with E-state index in [-0.39, 0.29) is 6.10 Å². The number of aromatic hydroxyl groups is 1. The van der Waals surface area contributed by atoms with Gasteiger partial charge in [0, 0.05) is 12.1 Å². The van der Waals surface area contributed by atoms with Crippen LogP contribution in [0.1, 0.15) is 31.2 Å². The molecule has 0 heterocycles. The van der Waals surface area contributed by atoms with E-state index in [1.807, 2.05) is 18.2 Å². The topological polar surface area (TPSA) is 78.8 Å². The summed E-state index contributed by atoms with van der Waals surface area (Å²) >= 11 is 0. The van der Waals surface area contributed by atoms with Crippen LogP contribution in [0.3, 0.4) is 0 Å². The highest BCUT2D eigenvalue weighted by Gasteiger charge is 2.23. The number of nitrogens with one attached hydrogen (secondary N) is 1. The lowest BCUT2D eigenvalue weighted by molar-refractivity contribution is 0.0284. The number of phenols is 1. The van der Waals surface area contributed by atoms with E-state index in [4.69, 9.17) is 9.84 Å². The Morgan fingerprint density at radius 1 is 1.25 bits per heavy atom. The van der Waals surface area contributed by atoms with Gasteiger partial charge in [-0.3, -0.25) is 0 Å². The summed E-state index contributed by atoms with van der Waals surface area (Å²) in [5.74, 6) is 0.869. The molecule has 3 N–H and O–H groups in total. The van der Waals surface area contributed by atoms with Crippen LogP contribution in [0.25, 0.3) is 0 Å². The summed E-state index contributed by atoms with van der Waals surface area (Å²) in [7, 11) is 0. The summed E-state index contributed by atoms with van der Waals surface area (Å²) < 4.78 is 4.79. The Labute approximate surface area is 118 Å². The molecule has 1 aromatic rings. The first kappa shape index (κ1) is 14.7. The van der Waals surface area contributed by atoms with Crippen molar-refractivity contribution in [1.82, 2.24) is 5.32 Å². The van der Waals surface area contributed by atoms with Gasteiger partial charge < -0.3 is 20.3 Å². The van der Waals surface area contributed by atoms with Crippen LogP contribution < -0.4 is 5.32 Å². The predicted molar refractivity (Wildman–Crippen MR) is 74.7 cm³/mol. The minimum atomic E-state index is -1.17. The van der Waals surface area contributed by atoms with Gasteiger partial charge in [0.1, 0.15) is 11.9 Å². The Morgan fingerprint density at radius 3 is 2.60 bits per heavy atom. The van der Waals surface area contributed by atoms with E-state index >= 15 is 0 Å². The number of hydrogen-bond acceptors (Lipinski definition) is 4. The largest absolute Gasteiger partial charge is 0.508 e. The average molecular weight is 279 g/mol. The highest BCUT2D eigenvalue weighted by molar-refractivity contribution is 5.57. The van der Waals surface area contributed by atoms with Gasteiger partial charge >= 0.3 is 6.16 Å². The van der Waals surface area contributed by atoms with Crippen molar-refractivity contribution in [3.05, 3.63) is 29.8 Å². The summed E-state index contributed by atoms with van der Waals surface area (Å²) in [6, 6.07) is 7.30. The minimum Gasteiger partial charge on any atom is -0.508 e. The van der Waals surface area contributed by atoms with Crippen molar-refractivity contribution in [2.45, 2.75) is 38.3 Å². The lowest BCUT2D eigenvalue weighted by Crippen LogP contribution is -2.29. The second-order valence-corrected chi connectivity index (χ2v) is 5.29. The highest BCUT2D eigenvalue weighted by atomic mass is 16.7. The molecule has 1 fully saturated rings. The van der Waals surface area contributed by atoms with E-state index in [0.29, 0.717) is 18.2 Å². The third kappa shape index (κ3) is 4.42. The number of ether oxygens (including phenoxy) is 1. The van der Waals surface area contributed by atoms with Crippen LogP contribution in [0.15, 0.2) is 24.3 Å². The van der Waals surface area contributed by atoms with Gasteiger partial charge in [-0.1, -0.05) is 18.2 Å². The molecule has 0 aliphatic heterocycles. The Bertz CT molecular complexity index is 441. The van der Waals surface area contributed by atoms with Crippen molar-refractivity contribution in [3.8, 4) is 5.75 Å². The lowest BCUT2D eigenvalue weighted by Gasteiger charge is -2.27. The van der Waals surface area contributed by atoms with E-state index in [0.717, 1.165) is 37.8 Å². The first-order valence-corrected chi connectivity index (χ1v) is 7.02. The molecule has 2 rings (SSSR count). The number of hydrogen-bond donors (Lipinski definition) is 3. The molecule has 5 nitrogen and oxygen atoms in total. The van der Waals surface area contributed by atoms with Crippen molar-refractivity contribution in [1.29, 1.82) is 0 Å². The first-order chi connectivity index (χ1) is 9.65. The summed E-state index contributed by atoms with van der Waals surface area (Å²) in [5, 5.41) is 21.6. The highest BCUT2D eigenvalue weighted by Crippen LogP contribution is 2.26. The zero-order valence-corrected chi connectivity index (χ0v) is 11.4. The van der Waals surface area contributed by atoms with Crippen molar-refractivity contribution in [2.24, 2.45) is 5.92 Å². The molecule has 0 saturated heterocycles. The van der Waals surface area contributed by atoms with E-state index in [9.17, 15) is 9.90 Å². The molecule has 0 atom stereocenters. The predicted octanol–water partition coefficient (Wildman–Crippen LogP) is 2.74. The number of carbonyl (C=O) groups is 1. The number of carboxylic acid groups (broad SMARTS) is 1. The normalized spacial score (nSPS) is 22.4. The molecule has 0 amide bonds. The van der Waals surface area contributed by atoms with Crippen LogP contribution >= 0.6 is 0 Å². The molecule has 0 unspecified atom stereocenters. The SMILES string of the molecule is O=C(O)O[C@H]1CC[C@H](CNCc2ccccc2O)CC1.